The molecule has 0 bridgehead atoms. The van der Waals surface area contributed by atoms with Gasteiger partial charge in [-0.15, -0.1) is 24.0 Å². The number of carbonyl (C=O) groups excluding carboxylic acids is 1. The fourth-order valence-electron chi connectivity index (χ4n) is 3.81. The number of hydrogen-bond acceptors (Lipinski definition) is 4. The van der Waals surface area contributed by atoms with Gasteiger partial charge in [0.15, 0.2) is 5.96 Å². The van der Waals surface area contributed by atoms with E-state index in [1.807, 2.05) is 11.9 Å². The van der Waals surface area contributed by atoms with Crippen LogP contribution in [-0.4, -0.2) is 99.2 Å². The molecular formula is C22H36IN5O2. The highest BCUT2D eigenvalue weighted by Crippen LogP contribution is 2.15. The van der Waals surface area contributed by atoms with E-state index >= 15 is 0 Å². The summed E-state index contributed by atoms with van der Waals surface area (Å²) in [6, 6.07) is 8.74. The van der Waals surface area contributed by atoms with Crippen LogP contribution in [0.1, 0.15) is 24.0 Å². The Morgan fingerprint density at radius 1 is 1.07 bits per heavy atom. The Hall–Kier alpha value is -1.39. The number of morpholine rings is 1. The van der Waals surface area contributed by atoms with Crippen molar-refractivity contribution < 1.29 is 9.53 Å². The Kier molecular flexibility index (Phi) is 10.3. The zero-order valence-electron chi connectivity index (χ0n) is 18.5. The third-order valence-electron chi connectivity index (χ3n) is 5.82. The molecular weight excluding hydrogens is 493 g/mol. The maximum absolute atomic E-state index is 12.5. The fourth-order valence-corrected chi connectivity index (χ4v) is 3.81. The quantitative estimate of drug-likeness (QED) is 0.358. The van der Waals surface area contributed by atoms with Gasteiger partial charge >= 0.3 is 0 Å². The number of aliphatic imine (C=N–C) groups is 1. The number of halogens is 1. The molecule has 1 amide bonds. The Balaban J connectivity index is 0.00000320. The smallest absolute Gasteiger partial charge is 0.236 e. The molecule has 0 spiro atoms. The number of nitrogens with one attached hydrogen (secondary N) is 1. The van der Waals surface area contributed by atoms with E-state index in [1.165, 1.54) is 11.1 Å². The SMILES string of the molecule is CN=C(NCC(C)c1ccc(C)cc1)N1CCN(CC(=O)N2CCOCC2)CC1.I. The lowest BCUT2D eigenvalue weighted by Gasteiger charge is -2.37. The number of amides is 1. The molecule has 168 valence electrons. The number of carbonyl (C=O) groups is 1. The average molecular weight is 529 g/mol. The normalized spacial score (nSPS) is 19.2. The second-order valence-electron chi connectivity index (χ2n) is 8.00. The van der Waals surface area contributed by atoms with Gasteiger partial charge in [-0.05, 0) is 18.4 Å². The fraction of sp³-hybridized carbons (Fsp3) is 0.636. The third kappa shape index (κ3) is 7.09. The molecule has 2 aliphatic rings. The topological polar surface area (TPSA) is 60.4 Å². The lowest BCUT2D eigenvalue weighted by Crippen LogP contribution is -2.55. The van der Waals surface area contributed by atoms with Crippen LogP contribution in [0.4, 0.5) is 0 Å². The van der Waals surface area contributed by atoms with Crippen LogP contribution in [0.3, 0.4) is 0 Å². The van der Waals surface area contributed by atoms with Crippen LogP contribution >= 0.6 is 24.0 Å². The van der Waals surface area contributed by atoms with Gasteiger partial charge in [0.1, 0.15) is 0 Å². The molecule has 3 rings (SSSR count). The first-order valence-corrected chi connectivity index (χ1v) is 10.7. The summed E-state index contributed by atoms with van der Waals surface area (Å²) in [4.78, 5) is 23.4. The number of hydrogen-bond donors (Lipinski definition) is 1. The first-order chi connectivity index (χ1) is 14.1. The predicted molar refractivity (Wildman–Crippen MR) is 132 cm³/mol. The molecule has 1 aromatic carbocycles. The molecule has 8 heteroatoms. The van der Waals surface area contributed by atoms with Gasteiger partial charge in [0, 0.05) is 52.9 Å². The van der Waals surface area contributed by atoms with Crippen molar-refractivity contribution in [1.82, 2.24) is 20.0 Å². The predicted octanol–water partition coefficient (Wildman–Crippen LogP) is 1.77. The Bertz CT molecular complexity index is 683. The second-order valence-corrected chi connectivity index (χ2v) is 8.00. The molecule has 0 aromatic heterocycles. The molecule has 7 nitrogen and oxygen atoms in total. The first kappa shape index (κ1) is 24.9. The van der Waals surface area contributed by atoms with Gasteiger partial charge in [-0.3, -0.25) is 14.7 Å². The summed E-state index contributed by atoms with van der Waals surface area (Å²) in [5, 5.41) is 3.53. The molecule has 30 heavy (non-hydrogen) atoms. The van der Waals surface area contributed by atoms with Crippen LogP contribution in [-0.2, 0) is 9.53 Å². The minimum Gasteiger partial charge on any atom is -0.378 e. The summed E-state index contributed by atoms with van der Waals surface area (Å²) < 4.78 is 5.33. The minimum absolute atomic E-state index is 0. The van der Waals surface area contributed by atoms with Crippen molar-refractivity contribution in [2.75, 3.05) is 72.6 Å². The molecule has 1 aromatic rings. The van der Waals surface area contributed by atoms with Crippen molar-refractivity contribution in [3.05, 3.63) is 35.4 Å². The summed E-state index contributed by atoms with van der Waals surface area (Å²) >= 11 is 0. The van der Waals surface area contributed by atoms with E-state index < -0.39 is 0 Å². The number of benzene rings is 1. The monoisotopic (exact) mass is 529 g/mol. The van der Waals surface area contributed by atoms with Crippen LogP contribution in [0.2, 0.25) is 0 Å². The molecule has 0 saturated carbocycles. The number of nitrogens with zero attached hydrogens (tertiary/aromatic N) is 4. The molecule has 1 atom stereocenters. The maximum Gasteiger partial charge on any atom is 0.236 e. The Morgan fingerprint density at radius 3 is 2.30 bits per heavy atom. The minimum atomic E-state index is 0. The van der Waals surface area contributed by atoms with Gasteiger partial charge in [-0.1, -0.05) is 36.8 Å². The molecule has 2 saturated heterocycles. The van der Waals surface area contributed by atoms with E-state index in [0.717, 1.165) is 38.7 Å². The highest BCUT2D eigenvalue weighted by Gasteiger charge is 2.24. The largest absolute Gasteiger partial charge is 0.378 e. The maximum atomic E-state index is 12.5. The second kappa shape index (κ2) is 12.5. The molecule has 0 radical (unpaired) electrons. The van der Waals surface area contributed by atoms with Gasteiger partial charge in [0.05, 0.1) is 19.8 Å². The van der Waals surface area contributed by atoms with Gasteiger partial charge in [-0.25, -0.2) is 0 Å². The zero-order valence-corrected chi connectivity index (χ0v) is 20.8. The third-order valence-corrected chi connectivity index (χ3v) is 5.82. The first-order valence-electron chi connectivity index (χ1n) is 10.7. The number of guanidine groups is 1. The molecule has 0 aliphatic carbocycles. The Morgan fingerprint density at radius 2 is 1.70 bits per heavy atom. The highest BCUT2D eigenvalue weighted by molar-refractivity contribution is 14.0. The molecule has 2 fully saturated rings. The van der Waals surface area contributed by atoms with E-state index in [1.54, 1.807) is 0 Å². The van der Waals surface area contributed by atoms with Crippen LogP contribution in [0, 0.1) is 6.92 Å². The number of piperazine rings is 1. The van der Waals surface area contributed by atoms with E-state index in [0.29, 0.717) is 38.8 Å². The van der Waals surface area contributed by atoms with Gasteiger partial charge in [0.25, 0.3) is 0 Å². The molecule has 2 heterocycles. The average Bonchev–Trinajstić information content (AvgIpc) is 2.76. The zero-order chi connectivity index (χ0) is 20.6. The number of rotatable bonds is 5. The number of aryl methyl sites for hydroxylation is 1. The van der Waals surface area contributed by atoms with Gasteiger partial charge in [-0.2, -0.15) is 0 Å². The summed E-state index contributed by atoms with van der Waals surface area (Å²) in [7, 11) is 1.84. The Labute approximate surface area is 197 Å². The van der Waals surface area contributed by atoms with E-state index in [9.17, 15) is 4.79 Å². The van der Waals surface area contributed by atoms with E-state index in [2.05, 4.69) is 58.2 Å². The van der Waals surface area contributed by atoms with Gasteiger partial charge < -0.3 is 19.9 Å². The highest BCUT2D eigenvalue weighted by atomic mass is 127. The van der Waals surface area contributed by atoms with Crippen molar-refractivity contribution >= 4 is 35.8 Å². The van der Waals surface area contributed by atoms with E-state index in [4.69, 9.17) is 4.74 Å². The van der Waals surface area contributed by atoms with Crippen molar-refractivity contribution in [2.24, 2.45) is 4.99 Å². The van der Waals surface area contributed by atoms with Crippen LogP contribution in [0.15, 0.2) is 29.3 Å². The standard InChI is InChI=1S/C22H35N5O2.HI/c1-18-4-6-20(7-5-18)19(2)16-24-22(23-3)27-10-8-25(9-11-27)17-21(28)26-12-14-29-15-13-26;/h4-7,19H,8-17H2,1-3H3,(H,23,24);1H. The van der Waals surface area contributed by atoms with Crippen molar-refractivity contribution in [1.29, 1.82) is 0 Å². The molecule has 1 N–H and O–H groups in total. The van der Waals surface area contributed by atoms with Crippen molar-refractivity contribution in [2.45, 2.75) is 19.8 Å². The van der Waals surface area contributed by atoms with Crippen molar-refractivity contribution in [3.63, 3.8) is 0 Å². The van der Waals surface area contributed by atoms with Crippen LogP contribution in [0.25, 0.3) is 0 Å². The summed E-state index contributed by atoms with van der Waals surface area (Å²) in [6.07, 6.45) is 0. The van der Waals surface area contributed by atoms with Gasteiger partial charge in [0.2, 0.25) is 5.91 Å². The van der Waals surface area contributed by atoms with Crippen molar-refractivity contribution in [3.8, 4) is 0 Å². The van der Waals surface area contributed by atoms with E-state index in [-0.39, 0.29) is 29.9 Å². The number of ether oxygens (including phenoxy) is 1. The summed E-state index contributed by atoms with van der Waals surface area (Å²) in [6.45, 7) is 12.0. The summed E-state index contributed by atoms with van der Waals surface area (Å²) in [5.74, 6) is 1.58. The van der Waals surface area contributed by atoms with Crippen LogP contribution < -0.4 is 5.32 Å². The lowest BCUT2D eigenvalue weighted by atomic mass is 10.0. The molecule has 1 unspecified atom stereocenters. The molecule has 2 aliphatic heterocycles. The lowest BCUT2D eigenvalue weighted by molar-refractivity contribution is -0.136. The summed E-state index contributed by atoms with van der Waals surface area (Å²) in [5.41, 5.74) is 2.62. The van der Waals surface area contributed by atoms with Crippen LogP contribution in [0.5, 0.6) is 0 Å².